The molecule has 0 amide bonds. The highest BCUT2D eigenvalue weighted by Gasteiger charge is 2.24. The van der Waals surface area contributed by atoms with Crippen molar-refractivity contribution in [2.75, 3.05) is 19.8 Å². The van der Waals surface area contributed by atoms with Gasteiger partial charge in [-0.15, -0.1) is 5.10 Å². The number of allylic oxidation sites excluding steroid dienone is 1. The van der Waals surface area contributed by atoms with E-state index in [0.717, 1.165) is 59.0 Å². The molecule has 2 aromatic rings. The fraction of sp³-hybridized carbons (Fsp3) is 0.536. The molecular weight excluding hydrogens is 480 g/mol. The summed E-state index contributed by atoms with van der Waals surface area (Å²) in [6.45, 7) is 14.1. The van der Waals surface area contributed by atoms with Crippen molar-refractivity contribution in [3.05, 3.63) is 64.5 Å². The van der Waals surface area contributed by atoms with Crippen molar-refractivity contribution in [2.24, 2.45) is 0 Å². The normalized spacial score (nSPS) is 20.8. The first kappa shape index (κ1) is 29.2. The molecule has 10 nitrogen and oxygen atoms in total. The Morgan fingerprint density at radius 2 is 1.92 bits per heavy atom. The van der Waals surface area contributed by atoms with Crippen LogP contribution < -0.4 is 21.2 Å². The van der Waals surface area contributed by atoms with Crippen molar-refractivity contribution in [3.8, 4) is 0 Å². The van der Waals surface area contributed by atoms with Crippen molar-refractivity contribution in [3.63, 3.8) is 0 Å². The van der Waals surface area contributed by atoms with Gasteiger partial charge in [0.25, 0.3) is 0 Å². The molecule has 3 N–H and O–H groups in total. The highest BCUT2D eigenvalue weighted by Crippen LogP contribution is 2.21. The van der Waals surface area contributed by atoms with Gasteiger partial charge < -0.3 is 25.4 Å². The third-order valence-corrected chi connectivity index (χ3v) is 6.23. The molecule has 2 unspecified atom stereocenters. The Kier molecular flexibility index (Phi) is 11.2. The molecule has 38 heavy (non-hydrogen) atoms. The van der Waals surface area contributed by atoms with Crippen LogP contribution in [-0.4, -0.2) is 60.7 Å². The molecule has 1 saturated heterocycles. The Morgan fingerprint density at radius 3 is 2.66 bits per heavy atom. The van der Waals surface area contributed by atoms with E-state index in [0.29, 0.717) is 13.1 Å². The largest absolute Gasteiger partial charge is 0.392 e. The van der Waals surface area contributed by atoms with Gasteiger partial charge in [0.1, 0.15) is 11.9 Å². The summed E-state index contributed by atoms with van der Waals surface area (Å²) in [4.78, 5) is 2.06. The van der Waals surface area contributed by atoms with Crippen LogP contribution >= 0.6 is 0 Å². The fourth-order valence-electron chi connectivity index (χ4n) is 4.61. The summed E-state index contributed by atoms with van der Waals surface area (Å²) in [6, 6.07) is 0. The maximum absolute atomic E-state index is 9.35. The molecule has 0 saturated carbocycles. The zero-order valence-electron chi connectivity index (χ0n) is 23.7. The second-order valence-corrected chi connectivity index (χ2v) is 8.43. The number of aliphatic hydroxyl groups is 1. The van der Waals surface area contributed by atoms with E-state index in [2.05, 4.69) is 30.9 Å². The highest BCUT2D eigenvalue weighted by molar-refractivity contribution is 5.65. The zero-order chi connectivity index (χ0) is 27.5. The monoisotopic (exact) mass is 524 g/mol. The first-order valence-corrected chi connectivity index (χ1v) is 14.1. The minimum absolute atomic E-state index is 0.00561. The SMILES string of the molecule is CC.CC.CC.OCC1=CN2C=C(Cn3cc(C4=c5cnn(C6CCCCO6)c5=CNC4)nn3)NC2C=C1. The lowest BCUT2D eigenvalue weighted by Crippen LogP contribution is -2.41. The van der Waals surface area contributed by atoms with Crippen molar-refractivity contribution < 1.29 is 9.84 Å². The molecule has 4 aliphatic rings. The summed E-state index contributed by atoms with van der Waals surface area (Å²) in [5, 5.41) is 31.7. The maximum Gasteiger partial charge on any atom is 0.150 e. The fourth-order valence-corrected chi connectivity index (χ4v) is 4.61. The predicted octanol–water partition coefficient (Wildman–Crippen LogP) is 2.31. The van der Waals surface area contributed by atoms with Crippen molar-refractivity contribution in [2.45, 2.75) is 79.7 Å². The molecular formula is C28H44N8O2. The van der Waals surface area contributed by atoms with Gasteiger partial charge in [-0.25, -0.2) is 9.36 Å². The van der Waals surface area contributed by atoms with Gasteiger partial charge in [0, 0.05) is 42.5 Å². The molecule has 0 aromatic carbocycles. The average Bonchev–Trinajstić information content (AvgIpc) is 3.74. The lowest BCUT2D eigenvalue weighted by molar-refractivity contribution is -0.0413. The smallest absolute Gasteiger partial charge is 0.150 e. The van der Waals surface area contributed by atoms with Crippen LogP contribution in [0.3, 0.4) is 0 Å². The molecule has 1 fully saturated rings. The number of aliphatic hydroxyl groups excluding tert-OH is 1. The Morgan fingerprint density at radius 1 is 1.11 bits per heavy atom. The van der Waals surface area contributed by atoms with Crippen LogP contribution in [-0.2, 0) is 11.3 Å². The quantitative estimate of drug-likeness (QED) is 0.547. The van der Waals surface area contributed by atoms with Crippen molar-refractivity contribution in [1.29, 1.82) is 0 Å². The lowest BCUT2D eigenvalue weighted by Gasteiger charge is -2.23. The molecule has 0 spiro atoms. The molecule has 6 heterocycles. The van der Waals surface area contributed by atoms with E-state index < -0.39 is 0 Å². The molecule has 10 heteroatoms. The minimum Gasteiger partial charge on any atom is -0.392 e. The van der Waals surface area contributed by atoms with Gasteiger partial charge in [-0.2, -0.15) is 5.10 Å². The third kappa shape index (κ3) is 6.36. The second-order valence-electron chi connectivity index (χ2n) is 8.43. The topological polar surface area (TPSA) is 105 Å². The van der Waals surface area contributed by atoms with Crippen LogP contribution in [0.2, 0.25) is 0 Å². The number of aromatic nitrogens is 5. The van der Waals surface area contributed by atoms with E-state index in [-0.39, 0.29) is 19.0 Å². The van der Waals surface area contributed by atoms with E-state index in [9.17, 15) is 5.11 Å². The van der Waals surface area contributed by atoms with Gasteiger partial charge in [-0.1, -0.05) is 52.8 Å². The number of fused-ring (bicyclic) bond motifs is 2. The highest BCUT2D eigenvalue weighted by atomic mass is 16.5. The summed E-state index contributed by atoms with van der Waals surface area (Å²) in [5.41, 5.74) is 3.85. The van der Waals surface area contributed by atoms with Crippen LogP contribution in [0, 0.1) is 0 Å². The minimum atomic E-state index is -0.00561. The second kappa shape index (κ2) is 14.5. The predicted molar refractivity (Wildman–Crippen MR) is 151 cm³/mol. The molecule has 208 valence electrons. The Labute approximate surface area is 226 Å². The van der Waals surface area contributed by atoms with E-state index in [1.807, 2.05) is 94.1 Å². The molecule has 4 aliphatic heterocycles. The molecule has 0 radical (unpaired) electrons. The van der Waals surface area contributed by atoms with E-state index in [1.54, 1.807) is 0 Å². The molecule has 2 atom stereocenters. The van der Waals surface area contributed by atoms with E-state index in [1.165, 1.54) is 0 Å². The van der Waals surface area contributed by atoms with Crippen LogP contribution in [0.25, 0.3) is 11.8 Å². The van der Waals surface area contributed by atoms with Crippen LogP contribution in [0.1, 0.15) is 72.7 Å². The zero-order valence-corrected chi connectivity index (χ0v) is 23.7. The summed E-state index contributed by atoms with van der Waals surface area (Å²) < 4.78 is 9.76. The molecule has 0 bridgehead atoms. The summed E-state index contributed by atoms with van der Waals surface area (Å²) >= 11 is 0. The molecule has 6 rings (SSSR count). The Bertz CT molecular complexity index is 1230. The van der Waals surface area contributed by atoms with Gasteiger partial charge in [-0.3, -0.25) is 0 Å². The van der Waals surface area contributed by atoms with E-state index in [4.69, 9.17) is 4.74 Å². The maximum atomic E-state index is 9.35. The van der Waals surface area contributed by atoms with Gasteiger partial charge in [-0.05, 0) is 30.9 Å². The summed E-state index contributed by atoms with van der Waals surface area (Å²) in [7, 11) is 0. The Balaban J connectivity index is 0.000000625. The van der Waals surface area contributed by atoms with Crippen LogP contribution in [0.4, 0.5) is 0 Å². The standard InChI is InChI=1S/C22H26N8O2.3C2H6/c31-14-15-4-5-21-25-16(11-28(21)10-15)12-29-13-19(26-27-29)17-7-23-9-20-18(17)8-24-30(20)22-3-1-2-6-32-22;3*1-2/h4-5,8-11,13,21-23,25,31H,1-3,6-7,12,14H2;3*1-2H3. The van der Waals surface area contributed by atoms with Crippen molar-refractivity contribution in [1.82, 2.24) is 40.3 Å². The number of hydrogen-bond donors (Lipinski definition) is 3. The molecule has 0 aliphatic carbocycles. The number of nitrogens with one attached hydrogen (secondary N) is 2. The summed E-state index contributed by atoms with van der Waals surface area (Å²) in [5.74, 6) is 0. The lowest BCUT2D eigenvalue weighted by atomic mass is 10.1. The Hall–Kier alpha value is -3.37. The van der Waals surface area contributed by atoms with Gasteiger partial charge >= 0.3 is 0 Å². The number of rotatable bonds is 5. The van der Waals surface area contributed by atoms with E-state index >= 15 is 0 Å². The first-order valence-electron chi connectivity index (χ1n) is 14.1. The number of nitrogens with zero attached hydrogens (tertiary/aromatic N) is 6. The number of ether oxygens (including phenoxy) is 1. The summed E-state index contributed by atoms with van der Waals surface area (Å²) in [6.07, 6.45) is 17.2. The van der Waals surface area contributed by atoms with Crippen LogP contribution in [0.15, 0.2) is 48.2 Å². The first-order chi connectivity index (χ1) is 18.8. The van der Waals surface area contributed by atoms with Gasteiger partial charge in [0.05, 0.1) is 36.6 Å². The number of hydrogen-bond acceptors (Lipinski definition) is 8. The van der Waals surface area contributed by atoms with Crippen molar-refractivity contribution >= 4 is 11.8 Å². The van der Waals surface area contributed by atoms with Crippen LogP contribution in [0.5, 0.6) is 0 Å². The van der Waals surface area contributed by atoms with Gasteiger partial charge in [0.2, 0.25) is 0 Å². The average molecular weight is 525 g/mol. The molecule has 2 aromatic heterocycles. The third-order valence-electron chi connectivity index (χ3n) is 6.23. The van der Waals surface area contributed by atoms with Gasteiger partial charge in [0.15, 0.2) is 6.23 Å².